The summed E-state index contributed by atoms with van der Waals surface area (Å²) in [7, 11) is 1.48. The van der Waals surface area contributed by atoms with Gasteiger partial charge in [-0.1, -0.05) is 40.9 Å². The van der Waals surface area contributed by atoms with Gasteiger partial charge in [0.2, 0.25) is 0 Å². The predicted octanol–water partition coefficient (Wildman–Crippen LogP) is 2.70. The maximum Gasteiger partial charge on any atom is 0.256 e. The second-order valence-electron chi connectivity index (χ2n) is 3.02. The molecular formula is C9H8Cl3N3O2. The van der Waals surface area contributed by atoms with Gasteiger partial charge in [0.05, 0.1) is 4.92 Å². The van der Waals surface area contributed by atoms with Crippen LogP contribution in [0.2, 0.25) is 5.15 Å². The number of allylic oxidation sites excluding steroid dienone is 1. The van der Waals surface area contributed by atoms with Crippen LogP contribution in [0.25, 0.3) is 0 Å². The first kappa shape index (κ1) is 14.0. The van der Waals surface area contributed by atoms with Crippen LogP contribution >= 0.6 is 34.8 Å². The maximum atomic E-state index is 10.4. The van der Waals surface area contributed by atoms with Crippen molar-refractivity contribution in [3.8, 4) is 0 Å². The van der Waals surface area contributed by atoms with Gasteiger partial charge in [-0.3, -0.25) is 10.1 Å². The molecule has 0 aliphatic rings. The van der Waals surface area contributed by atoms with E-state index < -0.39 is 9.26 Å². The maximum absolute atomic E-state index is 10.4. The summed E-state index contributed by atoms with van der Waals surface area (Å²) in [6, 6.07) is 3.04. The van der Waals surface area contributed by atoms with E-state index >= 15 is 0 Å². The smallest absolute Gasteiger partial charge is 0.256 e. The highest BCUT2D eigenvalue weighted by Crippen LogP contribution is 2.39. The first-order valence-electron chi connectivity index (χ1n) is 4.41. The van der Waals surface area contributed by atoms with Crippen LogP contribution in [-0.2, 0) is 4.33 Å². The van der Waals surface area contributed by atoms with Crippen LogP contribution in [0.15, 0.2) is 30.2 Å². The van der Waals surface area contributed by atoms with Crippen LogP contribution in [0.4, 0.5) is 0 Å². The third-order valence-corrected chi connectivity index (χ3v) is 3.00. The van der Waals surface area contributed by atoms with Crippen molar-refractivity contribution in [1.82, 2.24) is 10.3 Å². The van der Waals surface area contributed by atoms with Crippen molar-refractivity contribution in [3.05, 3.63) is 51.1 Å². The van der Waals surface area contributed by atoms with E-state index in [0.29, 0.717) is 11.8 Å². The third kappa shape index (κ3) is 3.46. The minimum Gasteiger partial charge on any atom is -0.384 e. The number of nitro groups is 1. The van der Waals surface area contributed by atoms with Crippen LogP contribution in [-0.4, -0.2) is 17.0 Å². The van der Waals surface area contributed by atoms with E-state index in [4.69, 9.17) is 34.8 Å². The number of nitrogens with zero attached hydrogens (tertiary/aromatic N) is 2. The molecule has 1 aromatic heterocycles. The van der Waals surface area contributed by atoms with Crippen molar-refractivity contribution < 1.29 is 4.92 Å². The van der Waals surface area contributed by atoms with Crippen LogP contribution in [0, 0.1) is 10.1 Å². The number of pyridine rings is 1. The molecule has 5 nitrogen and oxygen atoms in total. The number of alkyl halides is 2. The number of halogens is 3. The Morgan fingerprint density at radius 1 is 1.59 bits per heavy atom. The summed E-state index contributed by atoms with van der Waals surface area (Å²) in [6.45, 7) is 0. The number of likely N-dealkylation sites (N-methyl/N-ethyl adjacent to an activating group) is 1. The summed E-state index contributed by atoms with van der Waals surface area (Å²) in [6.07, 6.45) is 2.06. The number of hydrogen-bond donors (Lipinski definition) is 1. The molecule has 92 valence electrons. The number of hydrogen-bond acceptors (Lipinski definition) is 4. The van der Waals surface area contributed by atoms with Gasteiger partial charge in [-0.2, -0.15) is 0 Å². The molecule has 0 aromatic carbocycles. The Bertz CT molecular complexity index is 445. The van der Waals surface area contributed by atoms with Gasteiger partial charge in [-0.25, -0.2) is 4.98 Å². The van der Waals surface area contributed by atoms with Crippen LogP contribution in [0.5, 0.6) is 0 Å². The zero-order chi connectivity index (χ0) is 13.1. The van der Waals surface area contributed by atoms with Gasteiger partial charge >= 0.3 is 0 Å². The van der Waals surface area contributed by atoms with E-state index in [9.17, 15) is 10.1 Å². The summed E-state index contributed by atoms with van der Waals surface area (Å²) in [4.78, 5) is 13.6. The Hall–Kier alpha value is -1.04. The number of nitrogens with one attached hydrogen (secondary N) is 1. The van der Waals surface area contributed by atoms with Crippen molar-refractivity contribution in [3.63, 3.8) is 0 Å². The predicted molar refractivity (Wildman–Crippen MR) is 66.8 cm³/mol. The molecule has 8 heteroatoms. The molecule has 0 bridgehead atoms. The lowest BCUT2D eigenvalue weighted by Gasteiger charge is -2.21. The first-order valence-corrected chi connectivity index (χ1v) is 5.54. The molecule has 0 unspecified atom stereocenters. The fourth-order valence-electron chi connectivity index (χ4n) is 1.13. The Morgan fingerprint density at radius 3 is 2.65 bits per heavy atom. The fraction of sp³-hybridized carbons (Fsp3) is 0.222. The van der Waals surface area contributed by atoms with E-state index in [1.165, 1.54) is 19.3 Å². The Morgan fingerprint density at radius 2 is 2.24 bits per heavy atom. The molecule has 1 heterocycles. The minimum absolute atomic E-state index is 0.0370. The lowest BCUT2D eigenvalue weighted by molar-refractivity contribution is -0.404. The largest absolute Gasteiger partial charge is 0.384 e. The van der Waals surface area contributed by atoms with Gasteiger partial charge in [0.15, 0.2) is 4.33 Å². The molecule has 0 spiro atoms. The lowest BCUT2D eigenvalue weighted by Crippen LogP contribution is -2.25. The standard InChI is InChI=1S/C9H8Cl3N3O2/c1-13-7(5-15(16)17)9(11,12)6-2-3-8(10)14-4-6/h2-5,13H,1H3. The minimum atomic E-state index is -1.58. The molecule has 1 aromatic rings. The van der Waals surface area contributed by atoms with Gasteiger partial charge in [0, 0.05) is 18.8 Å². The molecule has 0 saturated heterocycles. The summed E-state index contributed by atoms with van der Waals surface area (Å²) in [5.74, 6) is 0. The lowest BCUT2D eigenvalue weighted by atomic mass is 10.1. The molecule has 0 aliphatic carbocycles. The second kappa shape index (κ2) is 5.53. The van der Waals surface area contributed by atoms with Crippen molar-refractivity contribution in [2.45, 2.75) is 4.33 Å². The molecule has 0 fully saturated rings. The molecule has 0 radical (unpaired) electrons. The van der Waals surface area contributed by atoms with Crippen LogP contribution < -0.4 is 5.32 Å². The Labute approximate surface area is 113 Å². The van der Waals surface area contributed by atoms with Gasteiger partial charge < -0.3 is 5.32 Å². The molecule has 0 atom stereocenters. The molecule has 17 heavy (non-hydrogen) atoms. The van der Waals surface area contributed by atoms with Crippen molar-refractivity contribution in [2.75, 3.05) is 7.05 Å². The quantitative estimate of drug-likeness (QED) is 0.401. The normalized spacial score (nSPS) is 12.4. The molecule has 0 saturated carbocycles. The zero-order valence-corrected chi connectivity index (χ0v) is 10.9. The van der Waals surface area contributed by atoms with E-state index in [2.05, 4.69) is 10.3 Å². The topological polar surface area (TPSA) is 68.1 Å². The summed E-state index contributed by atoms with van der Waals surface area (Å²) in [5, 5.41) is 13.3. The van der Waals surface area contributed by atoms with Crippen LogP contribution in [0.3, 0.4) is 0 Å². The van der Waals surface area contributed by atoms with Crippen LogP contribution in [0.1, 0.15) is 5.56 Å². The molecule has 1 N–H and O–H groups in total. The van der Waals surface area contributed by atoms with E-state index in [0.717, 1.165) is 0 Å². The van der Waals surface area contributed by atoms with Gasteiger partial charge in [0.25, 0.3) is 6.20 Å². The molecule has 0 amide bonds. The van der Waals surface area contributed by atoms with E-state index in [-0.39, 0.29) is 10.9 Å². The SMILES string of the molecule is CNC(=C[N+](=O)[O-])C(Cl)(Cl)c1ccc(Cl)nc1. The van der Waals surface area contributed by atoms with E-state index in [1.807, 2.05) is 0 Å². The zero-order valence-electron chi connectivity index (χ0n) is 8.65. The third-order valence-electron chi connectivity index (χ3n) is 1.93. The summed E-state index contributed by atoms with van der Waals surface area (Å²) in [5.41, 5.74) is 0.419. The van der Waals surface area contributed by atoms with Gasteiger partial charge in [0.1, 0.15) is 10.9 Å². The number of aromatic nitrogens is 1. The average Bonchev–Trinajstić information content (AvgIpc) is 2.26. The monoisotopic (exact) mass is 295 g/mol. The molecule has 1 rings (SSSR count). The molecule has 0 aliphatic heterocycles. The second-order valence-corrected chi connectivity index (χ2v) is 4.74. The Balaban J connectivity index is 3.16. The Kier molecular flexibility index (Phi) is 4.56. The summed E-state index contributed by atoms with van der Waals surface area (Å²) < 4.78 is -1.58. The van der Waals surface area contributed by atoms with E-state index in [1.54, 1.807) is 6.07 Å². The highest BCUT2D eigenvalue weighted by Gasteiger charge is 2.34. The summed E-state index contributed by atoms with van der Waals surface area (Å²) >= 11 is 17.8. The average molecular weight is 297 g/mol. The molecular weight excluding hydrogens is 288 g/mol. The number of rotatable bonds is 4. The van der Waals surface area contributed by atoms with Gasteiger partial charge in [-0.05, 0) is 6.07 Å². The fourth-order valence-corrected chi connectivity index (χ4v) is 1.75. The van der Waals surface area contributed by atoms with Crippen molar-refractivity contribution in [1.29, 1.82) is 0 Å². The highest BCUT2D eigenvalue weighted by molar-refractivity contribution is 6.50. The van der Waals surface area contributed by atoms with Gasteiger partial charge in [-0.15, -0.1) is 0 Å². The van der Waals surface area contributed by atoms with Crippen molar-refractivity contribution >= 4 is 34.8 Å². The highest BCUT2D eigenvalue weighted by atomic mass is 35.5. The first-order chi connectivity index (χ1) is 7.87. The van der Waals surface area contributed by atoms with Crippen molar-refractivity contribution in [2.24, 2.45) is 0 Å².